The monoisotopic (exact) mass is 208 g/mol. The first-order valence-corrected chi connectivity index (χ1v) is 4.61. The number of hydrogen-bond donors (Lipinski definition) is 4. The summed E-state index contributed by atoms with van der Waals surface area (Å²) >= 11 is 0. The molecule has 0 saturated carbocycles. The maximum absolute atomic E-state index is 5.45. The fourth-order valence-electron chi connectivity index (χ4n) is 1.20. The molecule has 0 amide bonds. The Morgan fingerprint density at radius 2 is 2.07 bits per heavy atom. The molecule has 1 heterocycles. The predicted molar refractivity (Wildman–Crippen MR) is 61.5 cm³/mol. The first kappa shape index (κ1) is 11.1. The lowest BCUT2D eigenvalue weighted by Crippen LogP contribution is -2.26. The molecule has 1 aromatic rings. The van der Waals surface area contributed by atoms with Crippen LogP contribution in [0.4, 0.5) is 0 Å². The van der Waals surface area contributed by atoms with Crippen LogP contribution in [0.3, 0.4) is 0 Å². The second-order valence-corrected chi connectivity index (χ2v) is 3.19. The maximum atomic E-state index is 5.45. The molecule has 0 atom stereocenters. The topological polar surface area (TPSA) is 119 Å². The second kappa shape index (κ2) is 5.04. The number of nitrogens with two attached hydrogens (primary N) is 3. The predicted octanol–water partition coefficient (Wildman–Crippen LogP) is -0.546. The van der Waals surface area contributed by atoms with Gasteiger partial charge in [0.2, 0.25) is 5.96 Å². The average Bonchev–Trinajstić information content (AvgIpc) is 2.50. The normalized spacial score (nSPS) is 11.4. The molecule has 0 unspecified atom stereocenters. The van der Waals surface area contributed by atoms with E-state index in [9.17, 15) is 0 Å². The highest BCUT2D eigenvalue weighted by Crippen LogP contribution is 2.06. The molecule has 0 aliphatic rings. The van der Waals surface area contributed by atoms with Gasteiger partial charge in [-0.2, -0.15) is 4.99 Å². The maximum Gasteiger partial charge on any atom is 0.218 e. The van der Waals surface area contributed by atoms with Crippen molar-refractivity contribution in [2.24, 2.45) is 27.2 Å². The summed E-state index contributed by atoms with van der Waals surface area (Å²) in [6.45, 7) is 2.61. The summed E-state index contributed by atoms with van der Waals surface area (Å²) in [6, 6.07) is 0. The molecule has 15 heavy (non-hydrogen) atoms. The van der Waals surface area contributed by atoms with E-state index in [4.69, 9.17) is 17.2 Å². The number of nitrogens with zero attached hydrogens (tertiary/aromatic N) is 2. The van der Waals surface area contributed by atoms with Crippen molar-refractivity contribution in [3.8, 4) is 0 Å². The summed E-state index contributed by atoms with van der Waals surface area (Å²) in [6.07, 6.45) is 4.70. The van der Waals surface area contributed by atoms with Gasteiger partial charge in [-0.15, -0.1) is 0 Å². The first-order chi connectivity index (χ1) is 7.09. The van der Waals surface area contributed by atoms with E-state index in [0.717, 1.165) is 6.42 Å². The largest absolute Gasteiger partial charge is 0.370 e. The van der Waals surface area contributed by atoms with Gasteiger partial charge < -0.3 is 22.2 Å². The number of hydrogen-bond acceptors (Lipinski definition) is 1. The molecule has 82 valence electrons. The molecule has 0 aliphatic heterocycles. The van der Waals surface area contributed by atoms with E-state index in [1.165, 1.54) is 11.1 Å². The zero-order valence-corrected chi connectivity index (χ0v) is 8.70. The van der Waals surface area contributed by atoms with Gasteiger partial charge in [-0.05, 0) is 24.5 Å². The van der Waals surface area contributed by atoms with Gasteiger partial charge in [0.1, 0.15) is 0 Å². The van der Waals surface area contributed by atoms with Crippen molar-refractivity contribution in [3.63, 3.8) is 0 Å². The van der Waals surface area contributed by atoms with Crippen LogP contribution in [0.1, 0.15) is 11.1 Å². The third kappa shape index (κ3) is 3.72. The molecular weight excluding hydrogens is 192 g/mol. The Morgan fingerprint density at radius 3 is 2.60 bits per heavy atom. The van der Waals surface area contributed by atoms with Crippen LogP contribution < -0.4 is 17.2 Å². The number of aliphatic imine (C=N–C) groups is 2. The fraction of sp³-hybridized carbons (Fsp3) is 0.333. The Labute approximate surface area is 88.3 Å². The van der Waals surface area contributed by atoms with Crippen molar-refractivity contribution in [2.75, 3.05) is 6.54 Å². The van der Waals surface area contributed by atoms with Crippen molar-refractivity contribution in [3.05, 3.63) is 23.5 Å². The van der Waals surface area contributed by atoms with Gasteiger partial charge in [0.05, 0.1) is 0 Å². The van der Waals surface area contributed by atoms with Gasteiger partial charge in [0.15, 0.2) is 5.96 Å². The summed E-state index contributed by atoms with van der Waals surface area (Å²) in [5.74, 6) is 0.0391. The van der Waals surface area contributed by atoms with Crippen LogP contribution in [0.5, 0.6) is 0 Å². The number of H-pyrrole nitrogens is 1. The Bertz CT molecular complexity index is 372. The zero-order valence-electron chi connectivity index (χ0n) is 8.70. The lowest BCUT2D eigenvalue weighted by Gasteiger charge is -1.97. The smallest absolute Gasteiger partial charge is 0.218 e. The quantitative estimate of drug-likeness (QED) is 0.394. The number of aryl methyl sites for hydroxylation is 1. The molecule has 0 fully saturated rings. The van der Waals surface area contributed by atoms with Crippen LogP contribution >= 0.6 is 0 Å². The van der Waals surface area contributed by atoms with Crippen LogP contribution in [0.15, 0.2) is 22.4 Å². The summed E-state index contributed by atoms with van der Waals surface area (Å²) < 4.78 is 0. The van der Waals surface area contributed by atoms with Crippen LogP contribution in [0, 0.1) is 6.92 Å². The molecular formula is C9H16N6. The van der Waals surface area contributed by atoms with Gasteiger partial charge in [-0.25, -0.2) is 0 Å². The third-order valence-corrected chi connectivity index (χ3v) is 1.96. The molecule has 0 radical (unpaired) electrons. The Hall–Kier alpha value is -1.98. The Kier molecular flexibility index (Phi) is 3.73. The Morgan fingerprint density at radius 1 is 1.33 bits per heavy atom. The van der Waals surface area contributed by atoms with Crippen LogP contribution in [-0.4, -0.2) is 23.4 Å². The first-order valence-electron chi connectivity index (χ1n) is 4.61. The van der Waals surface area contributed by atoms with Gasteiger partial charge in [0.25, 0.3) is 0 Å². The molecule has 1 aromatic heterocycles. The van der Waals surface area contributed by atoms with E-state index in [1.807, 2.05) is 19.3 Å². The van der Waals surface area contributed by atoms with Gasteiger partial charge >= 0.3 is 0 Å². The number of aromatic amines is 1. The third-order valence-electron chi connectivity index (χ3n) is 1.96. The lowest BCUT2D eigenvalue weighted by atomic mass is 10.1. The second-order valence-electron chi connectivity index (χ2n) is 3.19. The molecule has 6 heteroatoms. The van der Waals surface area contributed by atoms with Crippen molar-refractivity contribution >= 4 is 11.9 Å². The van der Waals surface area contributed by atoms with Gasteiger partial charge in [-0.3, -0.25) is 4.99 Å². The molecule has 0 spiro atoms. The average molecular weight is 208 g/mol. The summed E-state index contributed by atoms with van der Waals surface area (Å²) in [5, 5.41) is 0. The van der Waals surface area contributed by atoms with Crippen molar-refractivity contribution in [1.82, 2.24) is 4.98 Å². The fourth-order valence-corrected chi connectivity index (χ4v) is 1.20. The van der Waals surface area contributed by atoms with Gasteiger partial charge in [-0.1, -0.05) is 0 Å². The van der Waals surface area contributed by atoms with E-state index in [1.54, 1.807) is 0 Å². The summed E-state index contributed by atoms with van der Waals surface area (Å²) in [4.78, 5) is 10.6. The summed E-state index contributed by atoms with van der Waals surface area (Å²) in [7, 11) is 0. The van der Waals surface area contributed by atoms with Crippen molar-refractivity contribution < 1.29 is 0 Å². The minimum Gasteiger partial charge on any atom is -0.370 e. The minimum atomic E-state index is -0.0749. The Balaban J connectivity index is 2.46. The molecule has 7 N–H and O–H groups in total. The molecule has 0 saturated heterocycles. The van der Waals surface area contributed by atoms with Crippen molar-refractivity contribution in [2.45, 2.75) is 13.3 Å². The number of rotatable bonds is 3. The highest BCUT2D eigenvalue weighted by atomic mass is 15.1. The lowest BCUT2D eigenvalue weighted by molar-refractivity contribution is 0.956. The van der Waals surface area contributed by atoms with E-state index >= 15 is 0 Å². The zero-order chi connectivity index (χ0) is 11.3. The van der Waals surface area contributed by atoms with E-state index in [-0.39, 0.29) is 11.9 Å². The molecule has 0 aromatic carbocycles. The number of aromatic nitrogens is 1. The highest BCUT2D eigenvalue weighted by molar-refractivity contribution is 5.92. The SMILES string of the molecule is Cc1c[nH]cc1CCN=C(N)N=C(N)N. The number of nitrogens with one attached hydrogen (secondary N) is 1. The number of guanidine groups is 2. The summed E-state index contributed by atoms with van der Waals surface area (Å²) in [5.41, 5.74) is 18.2. The van der Waals surface area contributed by atoms with E-state index in [0.29, 0.717) is 6.54 Å². The minimum absolute atomic E-state index is 0.0749. The van der Waals surface area contributed by atoms with Gasteiger partial charge in [0, 0.05) is 18.9 Å². The van der Waals surface area contributed by atoms with Crippen LogP contribution in [0.25, 0.3) is 0 Å². The standard InChI is InChI=1S/C9H16N6/c1-6-4-13-5-7(6)2-3-14-9(12)15-8(10)11/h4-5,13H,2-3H2,1H3,(H6,10,11,12,14,15). The molecule has 0 aliphatic carbocycles. The molecule has 1 rings (SSSR count). The molecule has 6 nitrogen and oxygen atoms in total. The van der Waals surface area contributed by atoms with Crippen LogP contribution in [-0.2, 0) is 6.42 Å². The highest BCUT2D eigenvalue weighted by Gasteiger charge is 1.97. The van der Waals surface area contributed by atoms with Crippen LogP contribution in [0.2, 0.25) is 0 Å². The van der Waals surface area contributed by atoms with E-state index in [2.05, 4.69) is 15.0 Å². The molecule has 0 bridgehead atoms. The van der Waals surface area contributed by atoms with Crippen molar-refractivity contribution in [1.29, 1.82) is 0 Å². The van der Waals surface area contributed by atoms with E-state index < -0.39 is 0 Å².